The number of hydrogen-bond donors (Lipinski definition) is 0. The van der Waals surface area contributed by atoms with Crippen LogP contribution in [0.4, 0.5) is 0 Å². The van der Waals surface area contributed by atoms with Gasteiger partial charge in [0.15, 0.2) is 0 Å². The van der Waals surface area contributed by atoms with Gasteiger partial charge in [-0.25, -0.2) is 9.97 Å². The summed E-state index contributed by atoms with van der Waals surface area (Å²) in [5.74, 6) is 0.889. The number of hydrogen-bond acceptors (Lipinski definition) is 2. The summed E-state index contributed by atoms with van der Waals surface area (Å²) in [4.78, 5) is 11.0. The first-order chi connectivity index (χ1) is 31.3. The maximum atomic E-state index is 5.58. The van der Waals surface area contributed by atoms with E-state index in [1.54, 1.807) is 0 Å². The highest BCUT2D eigenvalue weighted by Crippen LogP contribution is 2.44. The lowest BCUT2D eigenvalue weighted by molar-refractivity contribution is 1.07. The average molecular weight is 802 g/mol. The summed E-state index contributed by atoms with van der Waals surface area (Å²) in [6, 6.07) is 84.6. The average Bonchev–Trinajstić information content (AvgIpc) is 3.77. The molecule has 0 fully saturated rings. The van der Waals surface area contributed by atoms with Gasteiger partial charge >= 0.3 is 0 Å². The third-order valence-corrected chi connectivity index (χ3v) is 12.4. The van der Waals surface area contributed by atoms with Crippen LogP contribution in [0, 0.1) is 0 Å². The Labute approximate surface area is 365 Å². The van der Waals surface area contributed by atoms with Crippen LogP contribution >= 0.6 is 0 Å². The molecule has 12 rings (SSSR count). The van der Waals surface area contributed by atoms with E-state index in [9.17, 15) is 0 Å². The lowest BCUT2D eigenvalue weighted by Gasteiger charge is -2.18. The summed E-state index contributed by atoms with van der Waals surface area (Å²) < 4.78 is 2.33. The zero-order chi connectivity index (χ0) is 41.7. The predicted octanol–water partition coefficient (Wildman–Crippen LogP) is 15.9. The molecule has 0 N–H and O–H groups in total. The Morgan fingerprint density at radius 1 is 0.302 bits per heavy atom. The van der Waals surface area contributed by atoms with E-state index in [0.717, 1.165) is 78.3 Å². The lowest BCUT2D eigenvalue weighted by Crippen LogP contribution is -2.00. The van der Waals surface area contributed by atoms with Crippen molar-refractivity contribution in [2.45, 2.75) is 0 Å². The number of pyridine rings is 1. The van der Waals surface area contributed by atoms with Gasteiger partial charge < -0.3 is 0 Å². The summed E-state index contributed by atoms with van der Waals surface area (Å²) in [5.41, 5.74) is 13.9. The second-order valence-corrected chi connectivity index (χ2v) is 16.1. The molecular weight excluding hydrogens is 763 g/mol. The maximum Gasteiger partial charge on any atom is 0.145 e. The van der Waals surface area contributed by atoms with Gasteiger partial charge in [0, 0.05) is 38.7 Å². The van der Waals surface area contributed by atoms with E-state index in [-0.39, 0.29) is 0 Å². The van der Waals surface area contributed by atoms with Crippen LogP contribution in [-0.4, -0.2) is 14.5 Å². The molecule has 0 unspecified atom stereocenters. The molecular formula is C60H39N3. The highest BCUT2D eigenvalue weighted by atomic mass is 15.1. The van der Waals surface area contributed by atoms with E-state index in [2.05, 4.69) is 241 Å². The van der Waals surface area contributed by atoms with Crippen molar-refractivity contribution >= 4 is 43.2 Å². The van der Waals surface area contributed by atoms with Crippen LogP contribution in [0.2, 0.25) is 0 Å². The molecule has 3 heteroatoms. The first-order valence-corrected chi connectivity index (χ1v) is 21.5. The van der Waals surface area contributed by atoms with Crippen molar-refractivity contribution in [1.82, 2.24) is 14.5 Å². The van der Waals surface area contributed by atoms with Gasteiger partial charge in [0.1, 0.15) is 5.82 Å². The molecule has 0 atom stereocenters. The van der Waals surface area contributed by atoms with E-state index >= 15 is 0 Å². The molecule has 0 saturated carbocycles. The Hall–Kier alpha value is -8.40. The first kappa shape index (κ1) is 36.5. The fraction of sp³-hybridized carbons (Fsp3) is 0. The molecule has 0 aliphatic rings. The van der Waals surface area contributed by atoms with Gasteiger partial charge in [0.2, 0.25) is 0 Å². The second-order valence-electron chi connectivity index (χ2n) is 16.1. The number of benzene rings is 10. The fourth-order valence-corrected chi connectivity index (χ4v) is 9.46. The lowest BCUT2D eigenvalue weighted by atomic mass is 9.89. The van der Waals surface area contributed by atoms with Gasteiger partial charge in [-0.1, -0.05) is 212 Å². The molecule has 0 spiro atoms. The highest BCUT2D eigenvalue weighted by molar-refractivity contribution is 6.18. The SMILES string of the molecule is c1ccc(-c2nc(-c3ccccc3)n(-c3ccc(-c4cc(-c5cccc6ccccc56)nc5c4cc(-c4cccc6ccccc46)c4ccccc45)cc3)c2-c2ccccc2)cc1. The topological polar surface area (TPSA) is 30.7 Å². The van der Waals surface area contributed by atoms with Crippen molar-refractivity contribution in [3.05, 3.63) is 237 Å². The van der Waals surface area contributed by atoms with Crippen LogP contribution in [0.1, 0.15) is 0 Å². The molecule has 2 aromatic heterocycles. The number of fused-ring (bicyclic) bond motifs is 5. The van der Waals surface area contributed by atoms with Crippen molar-refractivity contribution in [3.63, 3.8) is 0 Å². The largest absolute Gasteiger partial charge is 0.292 e. The van der Waals surface area contributed by atoms with Crippen LogP contribution < -0.4 is 0 Å². The quantitative estimate of drug-likeness (QED) is 0.150. The van der Waals surface area contributed by atoms with Crippen LogP contribution in [-0.2, 0) is 0 Å². The predicted molar refractivity (Wildman–Crippen MR) is 264 cm³/mol. The highest BCUT2D eigenvalue weighted by Gasteiger charge is 2.23. The van der Waals surface area contributed by atoms with E-state index in [4.69, 9.17) is 9.97 Å². The molecule has 294 valence electrons. The molecule has 0 amide bonds. The Morgan fingerprint density at radius 3 is 1.49 bits per heavy atom. The Balaban J connectivity index is 1.12. The van der Waals surface area contributed by atoms with E-state index in [0.29, 0.717) is 0 Å². The van der Waals surface area contributed by atoms with E-state index in [1.807, 2.05) is 0 Å². The summed E-state index contributed by atoms with van der Waals surface area (Å²) >= 11 is 0. The first-order valence-electron chi connectivity index (χ1n) is 21.5. The molecule has 2 heterocycles. The summed E-state index contributed by atoms with van der Waals surface area (Å²) in [6.45, 7) is 0. The number of aromatic nitrogens is 3. The van der Waals surface area contributed by atoms with E-state index < -0.39 is 0 Å². The number of rotatable bonds is 7. The molecule has 0 aliphatic heterocycles. The minimum Gasteiger partial charge on any atom is -0.292 e. The normalized spacial score (nSPS) is 11.5. The zero-order valence-corrected chi connectivity index (χ0v) is 34.4. The monoisotopic (exact) mass is 801 g/mol. The molecule has 0 saturated heterocycles. The molecule has 12 aromatic rings. The Bertz CT molecular complexity index is 3640. The standard InChI is InChI=1S/C60H39N3/c1-4-20-43(21-5-1)57-59(44-22-6-2-7-23-44)63(60(62-57)45-24-8-3-9-25-45)46-36-34-42(35-37-46)53-39-56(51-33-17-27-41-19-11-13-29-48(41)51)61-58-52-31-15-14-30-50(52)54(38-55(53)58)49-32-16-26-40-18-10-12-28-47(40)49/h1-39H. The molecule has 10 aromatic carbocycles. The van der Waals surface area contributed by atoms with Gasteiger partial charge in [-0.2, -0.15) is 0 Å². The summed E-state index contributed by atoms with van der Waals surface area (Å²) in [6.07, 6.45) is 0. The van der Waals surface area contributed by atoms with Crippen LogP contribution in [0.25, 0.3) is 116 Å². The maximum absolute atomic E-state index is 5.58. The zero-order valence-electron chi connectivity index (χ0n) is 34.4. The molecule has 3 nitrogen and oxygen atoms in total. The van der Waals surface area contributed by atoms with Gasteiger partial charge in [-0.15, -0.1) is 0 Å². The van der Waals surface area contributed by atoms with Gasteiger partial charge in [-0.05, 0) is 73.5 Å². The van der Waals surface area contributed by atoms with Gasteiger partial charge in [0.05, 0.1) is 22.6 Å². The van der Waals surface area contributed by atoms with Crippen molar-refractivity contribution in [3.8, 4) is 73.1 Å². The number of nitrogens with zero attached hydrogens (tertiary/aromatic N) is 3. The number of imidazole rings is 1. The Morgan fingerprint density at radius 2 is 0.825 bits per heavy atom. The van der Waals surface area contributed by atoms with E-state index in [1.165, 1.54) is 38.1 Å². The summed E-state index contributed by atoms with van der Waals surface area (Å²) in [5, 5.41) is 8.25. The van der Waals surface area contributed by atoms with Crippen molar-refractivity contribution in [2.75, 3.05) is 0 Å². The molecule has 0 bridgehead atoms. The third-order valence-electron chi connectivity index (χ3n) is 12.4. The van der Waals surface area contributed by atoms with Crippen molar-refractivity contribution < 1.29 is 0 Å². The third kappa shape index (κ3) is 6.29. The van der Waals surface area contributed by atoms with Gasteiger partial charge in [-0.3, -0.25) is 4.57 Å². The van der Waals surface area contributed by atoms with Crippen LogP contribution in [0.15, 0.2) is 237 Å². The van der Waals surface area contributed by atoms with Crippen molar-refractivity contribution in [1.29, 1.82) is 0 Å². The van der Waals surface area contributed by atoms with Crippen LogP contribution in [0.5, 0.6) is 0 Å². The Kier molecular flexibility index (Phi) is 8.83. The van der Waals surface area contributed by atoms with Crippen LogP contribution in [0.3, 0.4) is 0 Å². The molecule has 0 radical (unpaired) electrons. The minimum absolute atomic E-state index is 0.889. The second kappa shape index (κ2) is 15.3. The minimum atomic E-state index is 0.889. The molecule has 63 heavy (non-hydrogen) atoms. The smallest absolute Gasteiger partial charge is 0.145 e. The van der Waals surface area contributed by atoms with Gasteiger partial charge in [0.25, 0.3) is 0 Å². The summed E-state index contributed by atoms with van der Waals surface area (Å²) in [7, 11) is 0. The fourth-order valence-electron chi connectivity index (χ4n) is 9.46. The van der Waals surface area contributed by atoms with Crippen molar-refractivity contribution in [2.24, 2.45) is 0 Å². The molecule has 0 aliphatic carbocycles.